The molecule has 1 saturated heterocycles. The van der Waals surface area contributed by atoms with E-state index in [2.05, 4.69) is 5.10 Å². The molecule has 2 aromatic carbocycles. The van der Waals surface area contributed by atoms with Crippen molar-refractivity contribution >= 4 is 15.9 Å². The Balaban J connectivity index is 1.44. The third-order valence-electron chi connectivity index (χ3n) is 5.84. The summed E-state index contributed by atoms with van der Waals surface area (Å²) in [5, 5.41) is 4.47. The largest absolute Gasteiger partial charge is 0.336 e. The number of nitrogens with zero attached hydrogens (tertiary/aromatic N) is 4. The van der Waals surface area contributed by atoms with Gasteiger partial charge in [0.15, 0.2) is 0 Å². The van der Waals surface area contributed by atoms with Gasteiger partial charge in [0.25, 0.3) is 5.91 Å². The van der Waals surface area contributed by atoms with Gasteiger partial charge < -0.3 is 4.90 Å². The third kappa shape index (κ3) is 4.20. The first kappa shape index (κ1) is 22.2. The number of rotatable bonds is 4. The minimum atomic E-state index is -3.58. The average Bonchev–Trinajstić information content (AvgIpc) is 3.11. The van der Waals surface area contributed by atoms with Crippen molar-refractivity contribution in [1.29, 1.82) is 0 Å². The van der Waals surface area contributed by atoms with E-state index in [0.29, 0.717) is 23.5 Å². The molecule has 1 amide bonds. The monoisotopic (exact) mass is 452 g/mol. The van der Waals surface area contributed by atoms with Crippen LogP contribution < -0.4 is 0 Å². The SMILES string of the molecule is Cc1ccc(S(=O)(=O)N2CCN(C(=O)c3ccc(-n4nc(C)cc4C)cc3)CC2)c(C)c1. The number of aromatic nitrogens is 2. The number of hydrogen-bond acceptors (Lipinski definition) is 4. The first-order valence-electron chi connectivity index (χ1n) is 10.7. The third-order valence-corrected chi connectivity index (χ3v) is 7.90. The van der Waals surface area contributed by atoms with Crippen LogP contribution in [-0.4, -0.2) is 59.5 Å². The van der Waals surface area contributed by atoms with Gasteiger partial charge in [0, 0.05) is 37.4 Å². The van der Waals surface area contributed by atoms with E-state index in [-0.39, 0.29) is 19.0 Å². The van der Waals surface area contributed by atoms with E-state index >= 15 is 0 Å². The maximum Gasteiger partial charge on any atom is 0.253 e. The van der Waals surface area contributed by atoms with E-state index in [1.807, 2.05) is 62.7 Å². The van der Waals surface area contributed by atoms with Crippen molar-refractivity contribution < 1.29 is 13.2 Å². The molecule has 1 aliphatic rings. The van der Waals surface area contributed by atoms with Gasteiger partial charge in [0.05, 0.1) is 16.3 Å². The highest BCUT2D eigenvalue weighted by molar-refractivity contribution is 7.89. The van der Waals surface area contributed by atoms with Gasteiger partial charge in [-0.2, -0.15) is 9.40 Å². The molecule has 3 aromatic rings. The van der Waals surface area contributed by atoms with Crippen molar-refractivity contribution in [3.63, 3.8) is 0 Å². The maximum absolute atomic E-state index is 13.1. The Morgan fingerprint density at radius 2 is 1.53 bits per heavy atom. The number of benzene rings is 2. The van der Waals surface area contributed by atoms with Crippen molar-refractivity contribution in [3.8, 4) is 5.69 Å². The second kappa shape index (κ2) is 8.52. The zero-order chi connectivity index (χ0) is 23.0. The summed E-state index contributed by atoms with van der Waals surface area (Å²) < 4.78 is 29.5. The van der Waals surface area contributed by atoms with Crippen LogP contribution in [-0.2, 0) is 10.0 Å². The summed E-state index contributed by atoms with van der Waals surface area (Å²) in [5.41, 5.74) is 5.23. The van der Waals surface area contributed by atoms with Gasteiger partial charge in [-0.05, 0) is 69.7 Å². The summed E-state index contributed by atoms with van der Waals surface area (Å²) in [5.74, 6) is -0.0894. The molecule has 2 heterocycles. The van der Waals surface area contributed by atoms with Gasteiger partial charge in [0.1, 0.15) is 0 Å². The summed E-state index contributed by atoms with van der Waals surface area (Å²) in [6, 6.07) is 14.7. The topological polar surface area (TPSA) is 75.5 Å². The minimum absolute atomic E-state index is 0.0894. The molecule has 0 atom stereocenters. The number of sulfonamides is 1. The van der Waals surface area contributed by atoms with Crippen LogP contribution in [0.25, 0.3) is 5.69 Å². The van der Waals surface area contributed by atoms with Crippen LogP contribution in [0.5, 0.6) is 0 Å². The van der Waals surface area contributed by atoms with Crippen LogP contribution in [0.2, 0.25) is 0 Å². The molecule has 0 saturated carbocycles. The number of amides is 1. The fourth-order valence-corrected chi connectivity index (χ4v) is 5.81. The lowest BCUT2D eigenvalue weighted by Gasteiger charge is -2.34. The van der Waals surface area contributed by atoms with Gasteiger partial charge >= 0.3 is 0 Å². The van der Waals surface area contributed by atoms with Gasteiger partial charge in [-0.1, -0.05) is 17.7 Å². The first-order valence-corrected chi connectivity index (χ1v) is 12.1. The molecule has 0 radical (unpaired) electrons. The van der Waals surface area contributed by atoms with E-state index in [1.165, 1.54) is 4.31 Å². The van der Waals surface area contributed by atoms with E-state index in [0.717, 1.165) is 28.2 Å². The fourth-order valence-electron chi connectivity index (χ4n) is 4.18. The molecular formula is C24H28N4O3S. The van der Waals surface area contributed by atoms with E-state index in [1.54, 1.807) is 23.1 Å². The van der Waals surface area contributed by atoms with Gasteiger partial charge in [-0.25, -0.2) is 13.1 Å². The fraction of sp³-hybridized carbons (Fsp3) is 0.333. The maximum atomic E-state index is 13.1. The van der Waals surface area contributed by atoms with Gasteiger partial charge in [0.2, 0.25) is 10.0 Å². The minimum Gasteiger partial charge on any atom is -0.336 e. The van der Waals surface area contributed by atoms with Crippen LogP contribution in [0.1, 0.15) is 32.9 Å². The van der Waals surface area contributed by atoms with E-state index in [9.17, 15) is 13.2 Å². The molecule has 0 bridgehead atoms. The summed E-state index contributed by atoms with van der Waals surface area (Å²) in [4.78, 5) is 15.0. The Labute approximate surface area is 189 Å². The highest BCUT2D eigenvalue weighted by Gasteiger charge is 2.31. The quantitative estimate of drug-likeness (QED) is 0.609. The Bertz CT molecular complexity index is 1250. The first-order chi connectivity index (χ1) is 15.2. The molecule has 0 N–H and O–H groups in total. The lowest BCUT2D eigenvalue weighted by molar-refractivity contribution is 0.0698. The standard InChI is InChI=1S/C24H28N4O3S/c1-17-5-10-23(18(2)15-17)32(30,31)27-13-11-26(12-14-27)24(29)21-6-8-22(9-7-21)28-20(4)16-19(3)25-28/h5-10,15-16H,11-14H2,1-4H3. The highest BCUT2D eigenvalue weighted by atomic mass is 32.2. The second-order valence-electron chi connectivity index (χ2n) is 8.35. The Kier molecular flexibility index (Phi) is 5.92. The van der Waals surface area contributed by atoms with E-state index in [4.69, 9.17) is 0 Å². The molecule has 0 spiro atoms. The lowest BCUT2D eigenvalue weighted by Crippen LogP contribution is -2.50. The van der Waals surface area contributed by atoms with Crippen molar-refractivity contribution in [2.24, 2.45) is 0 Å². The zero-order valence-corrected chi connectivity index (χ0v) is 19.7. The number of carbonyl (C=O) groups excluding carboxylic acids is 1. The van der Waals surface area contributed by atoms with Gasteiger partial charge in [-0.3, -0.25) is 4.79 Å². The van der Waals surface area contributed by atoms with Gasteiger partial charge in [-0.15, -0.1) is 0 Å². The molecule has 168 valence electrons. The molecule has 0 unspecified atom stereocenters. The molecule has 7 nitrogen and oxygen atoms in total. The number of aryl methyl sites for hydroxylation is 4. The summed E-state index contributed by atoms with van der Waals surface area (Å²) >= 11 is 0. The Morgan fingerprint density at radius 3 is 2.09 bits per heavy atom. The molecule has 0 aliphatic carbocycles. The highest BCUT2D eigenvalue weighted by Crippen LogP contribution is 2.23. The zero-order valence-electron chi connectivity index (χ0n) is 18.9. The molecular weight excluding hydrogens is 424 g/mol. The predicted molar refractivity (Wildman–Crippen MR) is 124 cm³/mol. The Morgan fingerprint density at radius 1 is 0.875 bits per heavy atom. The van der Waals surface area contributed by atoms with Crippen LogP contribution in [0, 0.1) is 27.7 Å². The molecule has 1 aliphatic heterocycles. The van der Waals surface area contributed by atoms with Crippen molar-refractivity contribution in [1.82, 2.24) is 19.0 Å². The smallest absolute Gasteiger partial charge is 0.253 e. The van der Waals surface area contributed by atoms with Crippen molar-refractivity contribution in [2.75, 3.05) is 26.2 Å². The normalized spacial score (nSPS) is 15.2. The average molecular weight is 453 g/mol. The number of piperazine rings is 1. The Hall–Kier alpha value is -2.97. The van der Waals surface area contributed by atoms with Crippen LogP contribution in [0.15, 0.2) is 53.4 Å². The van der Waals surface area contributed by atoms with Crippen molar-refractivity contribution in [3.05, 3.63) is 76.6 Å². The second-order valence-corrected chi connectivity index (χ2v) is 10.3. The van der Waals surface area contributed by atoms with Crippen LogP contribution in [0.3, 0.4) is 0 Å². The summed E-state index contributed by atoms with van der Waals surface area (Å²) in [6.07, 6.45) is 0. The number of hydrogen-bond donors (Lipinski definition) is 0. The molecule has 8 heteroatoms. The van der Waals surface area contributed by atoms with Crippen molar-refractivity contribution in [2.45, 2.75) is 32.6 Å². The van der Waals surface area contributed by atoms with Crippen LogP contribution >= 0.6 is 0 Å². The molecule has 1 aromatic heterocycles. The molecule has 32 heavy (non-hydrogen) atoms. The van der Waals surface area contributed by atoms with Crippen LogP contribution in [0.4, 0.5) is 0 Å². The summed E-state index contributed by atoms with van der Waals surface area (Å²) in [6.45, 7) is 8.99. The number of carbonyl (C=O) groups is 1. The summed E-state index contributed by atoms with van der Waals surface area (Å²) in [7, 11) is -3.58. The lowest BCUT2D eigenvalue weighted by atomic mass is 10.1. The predicted octanol–water partition coefficient (Wildman–Crippen LogP) is 3.25. The molecule has 1 fully saturated rings. The molecule has 4 rings (SSSR count). The van der Waals surface area contributed by atoms with E-state index < -0.39 is 10.0 Å².